The zero-order valence-electron chi connectivity index (χ0n) is 11.7. The molecule has 0 radical (unpaired) electrons. The van der Waals surface area contributed by atoms with Crippen LogP contribution in [0.2, 0.25) is 0 Å². The second kappa shape index (κ2) is 7.15. The highest BCUT2D eigenvalue weighted by molar-refractivity contribution is 7.80. The fraction of sp³-hybridized carbons (Fsp3) is 0.571. The quantitative estimate of drug-likeness (QED) is 0.845. The number of carbonyl (C=O) groups excluding carboxylic acids is 1. The lowest BCUT2D eigenvalue weighted by Crippen LogP contribution is -2.54. The molecule has 1 fully saturated rings. The minimum atomic E-state index is 0.133. The first kappa shape index (κ1) is 15.4. The lowest BCUT2D eigenvalue weighted by molar-refractivity contribution is 0.0609. The molecule has 0 aliphatic carbocycles. The van der Waals surface area contributed by atoms with E-state index in [2.05, 4.69) is 11.8 Å². The first-order valence-corrected chi connectivity index (χ1v) is 8.33. The smallest absolute Gasteiger partial charge is 0.254 e. The summed E-state index contributed by atoms with van der Waals surface area (Å²) in [4.78, 5) is 17.1. The number of nitrogens with zero attached hydrogens (tertiary/aromatic N) is 2. The highest BCUT2D eigenvalue weighted by Crippen LogP contribution is 2.15. The summed E-state index contributed by atoms with van der Waals surface area (Å²) in [5.41, 5.74) is 6.63. The van der Waals surface area contributed by atoms with Crippen molar-refractivity contribution in [1.82, 2.24) is 9.80 Å². The molecule has 6 heteroatoms. The largest absolute Gasteiger partial charge is 0.392 e. The van der Waals surface area contributed by atoms with Crippen molar-refractivity contribution in [2.45, 2.75) is 25.8 Å². The average molecular weight is 311 g/mol. The number of amides is 1. The summed E-state index contributed by atoms with van der Waals surface area (Å²) in [6, 6.07) is 2.06. The van der Waals surface area contributed by atoms with Crippen molar-refractivity contribution in [3.63, 3.8) is 0 Å². The molecular formula is C14H21N3OS2. The van der Waals surface area contributed by atoms with Crippen LogP contribution in [0.5, 0.6) is 0 Å². The molecule has 0 spiro atoms. The number of rotatable bonds is 5. The molecule has 1 aromatic heterocycles. The van der Waals surface area contributed by atoms with Crippen LogP contribution in [0.3, 0.4) is 0 Å². The number of thiocarbonyl (C=S) groups is 1. The Morgan fingerprint density at radius 3 is 2.65 bits per heavy atom. The summed E-state index contributed by atoms with van der Waals surface area (Å²) in [5, 5.41) is 3.84. The van der Waals surface area contributed by atoms with Gasteiger partial charge in [-0.05, 0) is 17.9 Å². The van der Waals surface area contributed by atoms with Crippen LogP contribution in [-0.4, -0.2) is 52.9 Å². The van der Waals surface area contributed by atoms with Gasteiger partial charge in [-0.25, -0.2) is 0 Å². The van der Waals surface area contributed by atoms with E-state index in [1.807, 2.05) is 21.7 Å². The number of hydrogen-bond acceptors (Lipinski definition) is 4. The van der Waals surface area contributed by atoms with Gasteiger partial charge in [-0.2, -0.15) is 11.3 Å². The van der Waals surface area contributed by atoms with E-state index in [4.69, 9.17) is 18.0 Å². The Labute approximate surface area is 129 Å². The fourth-order valence-corrected chi connectivity index (χ4v) is 3.48. The maximum Gasteiger partial charge on any atom is 0.254 e. The SMILES string of the molecule is CCCC(C(N)=S)N1CCN(C(=O)c2ccsc2)CC1. The third-order valence-corrected chi connectivity index (χ3v) is 4.66. The Morgan fingerprint density at radius 1 is 1.45 bits per heavy atom. The van der Waals surface area contributed by atoms with Crippen LogP contribution < -0.4 is 5.73 Å². The van der Waals surface area contributed by atoms with Crippen molar-refractivity contribution in [3.8, 4) is 0 Å². The van der Waals surface area contributed by atoms with Crippen molar-refractivity contribution < 1.29 is 4.79 Å². The maximum atomic E-state index is 12.3. The maximum absolute atomic E-state index is 12.3. The Morgan fingerprint density at radius 2 is 2.15 bits per heavy atom. The van der Waals surface area contributed by atoms with E-state index in [-0.39, 0.29) is 11.9 Å². The normalized spacial score (nSPS) is 17.9. The van der Waals surface area contributed by atoms with Gasteiger partial charge in [0.05, 0.1) is 16.6 Å². The third kappa shape index (κ3) is 3.56. The van der Waals surface area contributed by atoms with Crippen LogP contribution in [0.15, 0.2) is 16.8 Å². The van der Waals surface area contributed by atoms with Gasteiger partial charge in [-0.15, -0.1) is 0 Å². The van der Waals surface area contributed by atoms with Gasteiger partial charge < -0.3 is 10.6 Å². The molecule has 2 heterocycles. The van der Waals surface area contributed by atoms with E-state index in [1.54, 1.807) is 11.3 Å². The molecule has 1 aliphatic rings. The highest BCUT2D eigenvalue weighted by atomic mass is 32.1. The molecule has 0 bridgehead atoms. The van der Waals surface area contributed by atoms with Crippen molar-refractivity contribution in [2.75, 3.05) is 26.2 Å². The predicted molar refractivity (Wildman–Crippen MR) is 87.3 cm³/mol. The summed E-state index contributed by atoms with van der Waals surface area (Å²) in [6.07, 6.45) is 2.06. The summed E-state index contributed by atoms with van der Waals surface area (Å²) in [7, 11) is 0. The van der Waals surface area contributed by atoms with E-state index in [0.29, 0.717) is 4.99 Å². The Balaban J connectivity index is 1.91. The standard InChI is InChI=1S/C14H21N3OS2/c1-2-3-12(13(15)19)16-5-7-17(8-6-16)14(18)11-4-9-20-10-11/h4,9-10,12H,2-3,5-8H2,1H3,(H2,15,19). The summed E-state index contributed by atoms with van der Waals surface area (Å²) in [6.45, 7) is 5.33. The topological polar surface area (TPSA) is 49.6 Å². The van der Waals surface area contributed by atoms with Crippen molar-refractivity contribution in [1.29, 1.82) is 0 Å². The number of hydrogen-bond donors (Lipinski definition) is 1. The van der Waals surface area contributed by atoms with E-state index >= 15 is 0 Å². The van der Waals surface area contributed by atoms with Gasteiger partial charge >= 0.3 is 0 Å². The molecule has 20 heavy (non-hydrogen) atoms. The second-order valence-corrected chi connectivity index (χ2v) is 6.30. The van der Waals surface area contributed by atoms with Crippen LogP contribution in [0.25, 0.3) is 0 Å². The lowest BCUT2D eigenvalue weighted by Gasteiger charge is -2.38. The number of carbonyl (C=O) groups is 1. The Kier molecular flexibility index (Phi) is 5.51. The van der Waals surface area contributed by atoms with Crippen LogP contribution in [0.1, 0.15) is 30.1 Å². The molecular weight excluding hydrogens is 290 g/mol. The second-order valence-electron chi connectivity index (χ2n) is 5.05. The highest BCUT2D eigenvalue weighted by Gasteiger charge is 2.27. The molecule has 1 atom stereocenters. The number of piperazine rings is 1. The molecule has 1 aromatic rings. The Bertz CT molecular complexity index is 453. The van der Waals surface area contributed by atoms with Crippen LogP contribution in [-0.2, 0) is 0 Å². The molecule has 1 unspecified atom stereocenters. The van der Waals surface area contributed by atoms with Gasteiger partial charge in [0.25, 0.3) is 5.91 Å². The molecule has 1 saturated heterocycles. The zero-order chi connectivity index (χ0) is 14.5. The third-order valence-electron chi connectivity index (χ3n) is 3.70. The summed E-state index contributed by atoms with van der Waals surface area (Å²) < 4.78 is 0. The summed E-state index contributed by atoms with van der Waals surface area (Å²) in [5.74, 6) is 0.133. The number of thiophene rings is 1. The van der Waals surface area contributed by atoms with Gasteiger partial charge in [0.1, 0.15) is 0 Å². The summed E-state index contributed by atoms with van der Waals surface area (Å²) >= 11 is 6.72. The fourth-order valence-electron chi connectivity index (χ4n) is 2.58. The van der Waals surface area contributed by atoms with E-state index in [0.717, 1.165) is 44.6 Å². The van der Waals surface area contributed by atoms with E-state index in [9.17, 15) is 4.79 Å². The van der Waals surface area contributed by atoms with E-state index in [1.165, 1.54) is 0 Å². The zero-order valence-corrected chi connectivity index (χ0v) is 13.4. The molecule has 1 amide bonds. The first-order valence-electron chi connectivity index (χ1n) is 6.98. The minimum absolute atomic E-state index is 0.133. The lowest BCUT2D eigenvalue weighted by atomic mass is 10.1. The first-order chi connectivity index (χ1) is 9.63. The van der Waals surface area contributed by atoms with Gasteiger partial charge in [0.2, 0.25) is 0 Å². The predicted octanol–water partition coefficient (Wildman–Crippen LogP) is 1.96. The molecule has 4 nitrogen and oxygen atoms in total. The van der Waals surface area contributed by atoms with Gasteiger partial charge in [-0.1, -0.05) is 25.6 Å². The van der Waals surface area contributed by atoms with Crippen molar-refractivity contribution >= 4 is 34.5 Å². The van der Waals surface area contributed by atoms with Crippen LogP contribution in [0.4, 0.5) is 0 Å². The molecule has 0 aromatic carbocycles. The molecule has 2 N–H and O–H groups in total. The number of nitrogens with two attached hydrogens (primary N) is 1. The molecule has 110 valence electrons. The van der Waals surface area contributed by atoms with Gasteiger partial charge in [0, 0.05) is 31.6 Å². The van der Waals surface area contributed by atoms with Crippen molar-refractivity contribution in [2.24, 2.45) is 5.73 Å². The average Bonchev–Trinajstić information content (AvgIpc) is 2.98. The van der Waals surface area contributed by atoms with Gasteiger partial charge in [0.15, 0.2) is 0 Å². The molecule has 1 aliphatic heterocycles. The monoisotopic (exact) mass is 311 g/mol. The minimum Gasteiger partial charge on any atom is -0.392 e. The van der Waals surface area contributed by atoms with Gasteiger partial charge in [-0.3, -0.25) is 9.69 Å². The van der Waals surface area contributed by atoms with Crippen LogP contribution in [0, 0.1) is 0 Å². The molecule has 0 saturated carbocycles. The Hall–Kier alpha value is -0.980. The van der Waals surface area contributed by atoms with E-state index < -0.39 is 0 Å². The van der Waals surface area contributed by atoms with Crippen LogP contribution >= 0.6 is 23.6 Å². The molecule has 2 rings (SSSR count). The van der Waals surface area contributed by atoms with Crippen molar-refractivity contribution in [3.05, 3.63) is 22.4 Å².